The molecule has 206 valence electrons. The Hall–Kier alpha value is -4.39. The van der Waals surface area contributed by atoms with Crippen molar-refractivity contribution in [3.05, 3.63) is 108 Å². The summed E-state index contributed by atoms with van der Waals surface area (Å²) in [4.78, 5) is 31.4. The lowest BCUT2D eigenvalue weighted by molar-refractivity contribution is -0.121. The standard InChI is InChI=1S/C33H34N2O5/c1-23(36)30-21-35(33(37)39-22-26-9-5-3-6-10-26)20-28(30)19-25-13-15-29(16-14-25)38-18-17-31-24(2)40-32(34-31)27-11-7-4-8-12-27/h3-16,28,30H,17-22H2,1-2H3/t28-,30-/m1/s1. The van der Waals surface area contributed by atoms with Crippen molar-refractivity contribution in [2.75, 3.05) is 19.7 Å². The first-order valence-corrected chi connectivity index (χ1v) is 13.7. The van der Waals surface area contributed by atoms with Gasteiger partial charge in [0.1, 0.15) is 23.9 Å². The molecular weight excluding hydrogens is 504 g/mol. The average Bonchev–Trinajstić information content (AvgIpc) is 3.57. The highest BCUT2D eigenvalue weighted by atomic mass is 16.6. The molecule has 0 saturated carbocycles. The van der Waals surface area contributed by atoms with Gasteiger partial charge in [-0.05, 0) is 61.6 Å². The highest BCUT2D eigenvalue weighted by molar-refractivity contribution is 5.80. The average molecular weight is 539 g/mol. The number of carbonyl (C=O) groups is 2. The number of benzene rings is 3. The molecule has 7 nitrogen and oxygen atoms in total. The van der Waals surface area contributed by atoms with Crippen LogP contribution in [0.25, 0.3) is 11.5 Å². The Balaban J connectivity index is 1.12. The number of carbonyl (C=O) groups excluding carboxylic acids is 2. The summed E-state index contributed by atoms with van der Waals surface area (Å²) in [7, 11) is 0. The lowest BCUT2D eigenvalue weighted by atomic mass is 9.87. The molecule has 0 N–H and O–H groups in total. The summed E-state index contributed by atoms with van der Waals surface area (Å²) in [6.45, 7) is 5.12. The molecule has 7 heteroatoms. The van der Waals surface area contributed by atoms with Crippen molar-refractivity contribution in [1.82, 2.24) is 9.88 Å². The van der Waals surface area contributed by atoms with Crippen LogP contribution in [0.4, 0.5) is 4.79 Å². The quantitative estimate of drug-likeness (QED) is 0.236. The van der Waals surface area contributed by atoms with E-state index in [1.807, 2.05) is 91.9 Å². The lowest BCUT2D eigenvalue weighted by Crippen LogP contribution is -2.30. The van der Waals surface area contributed by atoms with E-state index in [2.05, 4.69) is 4.98 Å². The normalized spacial score (nSPS) is 16.6. The minimum absolute atomic E-state index is 0.0440. The molecule has 1 fully saturated rings. The Morgan fingerprint density at radius 1 is 0.925 bits per heavy atom. The van der Waals surface area contributed by atoms with Gasteiger partial charge in [-0.1, -0.05) is 60.7 Å². The summed E-state index contributed by atoms with van der Waals surface area (Å²) in [5.41, 5.74) is 3.88. The Labute approximate surface area is 234 Å². The first-order chi connectivity index (χ1) is 19.5. The van der Waals surface area contributed by atoms with Gasteiger partial charge in [0.05, 0.1) is 12.3 Å². The molecule has 2 atom stereocenters. The molecule has 40 heavy (non-hydrogen) atoms. The fourth-order valence-electron chi connectivity index (χ4n) is 5.15. The minimum Gasteiger partial charge on any atom is -0.493 e. The molecule has 1 aromatic heterocycles. The third-order valence-corrected chi connectivity index (χ3v) is 7.37. The number of ketones is 1. The molecule has 0 bridgehead atoms. The Bertz CT molecular complexity index is 1420. The number of Topliss-reactive ketones (excluding diaryl/α,β-unsaturated/α-hetero) is 1. The van der Waals surface area contributed by atoms with Gasteiger partial charge in [-0.3, -0.25) is 4.79 Å². The maximum atomic E-state index is 12.7. The molecule has 5 rings (SSSR count). The molecule has 0 spiro atoms. The van der Waals surface area contributed by atoms with Crippen molar-refractivity contribution in [2.45, 2.75) is 33.3 Å². The van der Waals surface area contributed by atoms with Gasteiger partial charge in [0.2, 0.25) is 5.89 Å². The summed E-state index contributed by atoms with van der Waals surface area (Å²) in [6, 6.07) is 27.4. The highest BCUT2D eigenvalue weighted by Gasteiger charge is 2.38. The summed E-state index contributed by atoms with van der Waals surface area (Å²) in [5.74, 6) is 2.13. The van der Waals surface area contributed by atoms with E-state index in [0.717, 1.165) is 33.9 Å². The SMILES string of the molecule is CC(=O)[C@H]1CN(C(=O)OCc2ccccc2)C[C@H]1Cc1ccc(OCCc2nc(-c3ccccc3)oc2C)cc1. The third-order valence-electron chi connectivity index (χ3n) is 7.37. The van der Waals surface area contributed by atoms with Crippen molar-refractivity contribution in [3.8, 4) is 17.2 Å². The van der Waals surface area contributed by atoms with E-state index >= 15 is 0 Å². The van der Waals surface area contributed by atoms with E-state index < -0.39 is 0 Å². The Morgan fingerprint density at radius 3 is 2.33 bits per heavy atom. The smallest absolute Gasteiger partial charge is 0.410 e. The summed E-state index contributed by atoms with van der Waals surface area (Å²) in [5, 5.41) is 0. The van der Waals surface area contributed by atoms with Crippen LogP contribution >= 0.6 is 0 Å². The zero-order valence-corrected chi connectivity index (χ0v) is 22.9. The number of amides is 1. The number of ether oxygens (including phenoxy) is 2. The van der Waals surface area contributed by atoms with Crippen molar-refractivity contribution in [3.63, 3.8) is 0 Å². The minimum atomic E-state index is -0.375. The van der Waals surface area contributed by atoms with Crippen molar-refractivity contribution in [2.24, 2.45) is 11.8 Å². The molecule has 0 aliphatic carbocycles. The van der Waals surface area contributed by atoms with E-state index in [4.69, 9.17) is 13.9 Å². The molecule has 3 aromatic carbocycles. The molecule has 1 aliphatic rings. The maximum absolute atomic E-state index is 12.7. The number of aromatic nitrogens is 1. The second kappa shape index (κ2) is 12.6. The van der Waals surface area contributed by atoms with Crippen molar-refractivity contribution >= 4 is 11.9 Å². The van der Waals surface area contributed by atoms with Crippen LogP contribution in [0.3, 0.4) is 0 Å². The fraction of sp³-hybridized carbons (Fsp3) is 0.303. The zero-order chi connectivity index (χ0) is 27.9. The van der Waals surface area contributed by atoms with Gasteiger partial charge in [0.25, 0.3) is 0 Å². The van der Waals surface area contributed by atoms with Crippen LogP contribution in [0.2, 0.25) is 0 Å². The molecule has 1 amide bonds. The fourth-order valence-corrected chi connectivity index (χ4v) is 5.15. The third kappa shape index (κ3) is 6.78. The predicted octanol–water partition coefficient (Wildman–Crippen LogP) is 6.29. The van der Waals surface area contributed by atoms with Gasteiger partial charge < -0.3 is 18.8 Å². The first kappa shape index (κ1) is 27.2. The number of hydrogen-bond acceptors (Lipinski definition) is 6. The number of nitrogens with zero attached hydrogens (tertiary/aromatic N) is 2. The van der Waals surface area contributed by atoms with Crippen LogP contribution in [-0.2, 0) is 29.0 Å². The topological polar surface area (TPSA) is 81.9 Å². The first-order valence-electron chi connectivity index (χ1n) is 13.7. The van der Waals surface area contributed by atoms with E-state index in [9.17, 15) is 9.59 Å². The van der Waals surface area contributed by atoms with Crippen LogP contribution in [0.5, 0.6) is 5.75 Å². The largest absolute Gasteiger partial charge is 0.493 e. The molecule has 1 aliphatic heterocycles. The van der Waals surface area contributed by atoms with E-state index in [0.29, 0.717) is 38.4 Å². The van der Waals surface area contributed by atoms with Gasteiger partial charge in [-0.15, -0.1) is 0 Å². The van der Waals surface area contributed by atoms with Gasteiger partial charge >= 0.3 is 6.09 Å². The van der Waals surface area contributed by atoms with E-state index in [-0.39, 0.29) is 30.3 Å². The molecule has 4 aromatic rings. The molecule has 1 saturated heterocycles. The van der Waals surface area contributed by atoms with E-state index in [1.165, 1.54) is 0 Å². The van der Waals surface area contributed by atoms with Crippen LogP contribution in [0, 0.1) is 18.8 Å². The van der Waals surface area contributed by atoms with E-state index in [1.54, 1.807) is 11.8 Å². The Morgan fingerprint density at radius 2 is 1.62 bits per heavy atom. The highest BCUT2D eigenvalue weighted by Crippen LogP contribution is 2.29. The van der Waals surface area contributed by atoms with Gasteiger partial charge in [-0.2, -0.15) is 0 Å². The second-order valence-electron chi connectivity index (χ2n) is 10.3. The van der Waals surface area contributed by atoms with Gasteiger partial charge in [0.15, 0.2) is 0 Å². The monoisotopic (exact) mass is 538 g/mol. The summed E-state index contributed by atoms with van der Waals surface area (Å²) in [6.07, 6.45) is 0.968. The van der Waals surface area contributed by atoms with Crippen molar-refractivity contribution in [1.29, 1.82) is 0 Å². The van der Waals surface area contributed by atoms with Crippen LogP contribution < -0.4 is 4.74 Å². The van der Waals surface area contributed by atoms with Crippen LogP contribution in [0.15, 0.2) is 89.3 Å². The second-order valence-corrected chi connectivity index (χ2v) is 10.3. The maximum Gasteiger partial charge on any atom is 0.410 e. The predicted molar refractivity (Wildman–Crippen MR) is 152 cm³/mol. The number of oxazole rings is 1. The van der Waals surface area contributed by atoms with Crippen LogP contribution in [-0.4, -0.2) is 41.5 Å². The number of hydrogen-bond donors (Lipinski definition) is 0. The molecular formula is C33H34N2O5. The zero-order valence-electron chi connectivity index (χ0n) is 22.9. The van der Waals surface area contributed by atoms with Gasteiger partial charge in [-0.25, -0.2) is 9.78 Å². The van der Waals surface area contributed by atoms with Gasteiger partial charge in [0, 0.05) is 31.0 Å². The molecule has 0 radical (unpaired) electrons. The number of aryl methyl sites for hydroxylation is 1. The van der Waals surface area contributed by atoms with Crippen molar-refractivity contribution < 1.29 is 23.5 Å². The molecule has 0 unspecified atom stereocenters. The Kier molecular flexibility index (Phi) is 8.59. The summed E-state index contributed by atoms with van der Waals surface area (Å²) < 4.78 is 17.3. The summed E-state index contributed by atoms with van der Waals surface area (Å²) >= 11 is 0. The number of likely N-dealkylation sites (tertiary alicyclic amines) is 1. The van der Waals surface area contributed by atoms with Crippen LogP contribution in [0.1, 0.15) is 29.5 Å². The number of rotatable bonds is 10. The lowest BCUT2D eigenvalue weighted by Gasteiger charge is -2.16. The molecule has 2 heterocycles.